The minimum absolute atomic E-state index is 0.137. The molecule has 0 bridgehead atoms. The third-order valence-corrected chi connectivity index (χ3v) is 3.61. The van der Waals surface area contributed by atoms with Crippen LogP contribution in [0.25, 0.3) is 0 Å². The second kappa shape index (κ2) is 8.73. The van der Waals surface area contributed by atoms with Gasteiger partial charge in [-0.1, -0.05) is 6.07 Å². The summed E-state index contributed by atoms with van der Waals surface area (Å²) in [6.07, 6.45) is 0.576. The van der Waals surface area contributed by atoms with Crippen LogP contribution in [-0.4, -0.2) is 32.6 Å². The lowest BCUT2D eigenvalue weighted by molar-refractivity contribution is -0.114. The molecule has 0 unspecified atom stereocenters. The minimum atomic E-state index is -0.170. The molecule has 25 heavy (non-hydrogen) atoms. The predicted octanol–water partition coefficient (Wildman–Crippen LogP) is 2.63. The Hall–Kier alpha value is -3.02. The second-order valence-electron chi connectivity index (χ2n) is 5.45. The highest BCUT2D eigenvalue weighted by Gasteiger charge is 2.09. The summed E-state index contributed by atoms with van der Waals surface area (Å²) in [4.78, 5) is 23.4. The first-order valence-electron chi connectivity index (χ1n) is 7.90. The predicted molar refractivity (Wildman–Crippen MR) is 96.3 cm³/mol. The van der Waals surface area contributed by atoms with Gasteiger partial charge in [-0.05, 0) is 48.4 Å². The van der Waals surface area contributed by atoms with Gasteiger partial charge in [0, 0.05) is 24.7 Å². The zero-order valence-corrected chi connectivity index (χ0v) is 14.6. The molecule has 2 amide bonds. The molecule has 2 N–H and O–H groups in total. The lowest BCUT2D eigenvalue weighted by Crippen LogP contribution is -2.25. The van der Waals surface area contributed by atoms with Gasteiger partial charge in [0.15, 0.2) is 0 Å². The van der Waals surface area contributed by atoms with E-state index in [9.17, 15) is 9.59 Å². The van der Waals surface area contributed by atoms with E-state index in [4.69, 9.17) is 9.47 Å². The molecule has 0 aliphatic rings. The van der Waals surface area contributed by atoms with Gasteiger partial charge in [0.05, 0.1) is 14.2 Å². The Morgan fingerprint density at radius 3 is 2.52 bits per heavy atom. The number of carbonyl (C=O) groups excluding carboxylic acids is 2. The highest BCUT2D eigenvalue weighted by atomic mass is 16.5. The summed E-state index contributed by atoms with van der Waals surface area (Å²) in [6.45, 7) is 1.90. The van der Waals surface area contributed by atoms with Crippen molar-refractivity contribution in [3.05, 3.63) is 53.6 Å². The maximum absolute atomic E-state index is 12.2. The largest absolute Gasteiger partial charge is 0.497 e. The van der Waals surface area contributed by atoms with E-state index in [-0.39, 0.29) is 11.8 Å². The highest BCUT2D eigenvalue weighted by Crippen LogP contribution is 2.23. The van der Waals surface area contributed by atoms with E-state index < -0.39 is 0 Å². The van der Waals surface area contributed by atoms with Gasteiger partial charge in [-0.2, -0.15) is 0 Å². The summed E-state index contributed by atoms with van der Waals surface area (Å²) in [6, 6.07) is 12.4. The van der Waals surface area contributed by atoms with Crippen molar-refractivity contribution in [1.82, 2.24) is 5.32 Å². The van der Waals surface area contributed by atoms with Crippen molar-refractivity contribution in [1.29, 1.82) is 0 Å². The summed E-state index contributed by atoms with van der Waals surface area (Å²) in [5, 5.41) is 5.61. The van der Waals surface area contributed by atoms with Crippen molar-refractivity contribution in [3.8, 4) is 11.5 Å². The molecule has 6 heteroatoms. The fraction of sp³-hybridized carbons (Fsp3) is 0.263. The van der Waals surface area contributed by atoms with E-state index in [0.717, 1.165) is 5.56 Å². The maximum Gasteiger partial charge on any atom is 0.251 e. The van der Waals surface area contributed by atoms with Gasteiger partial charge in [0.2, 0.25) is 5.91 Å². The number of methoxy groups -OCH3 is 2. The van der Waals surface area contributed by atoms with Crippen molar-refractivity contribution < 1.29 is 19.1 Å². The fourth-order valence-electron chi connectivity index (χ4n) is 2.43. The monoisotopic (exact) mass is 342 g/mol. The number of nitrogens with one attached hydrogen (secondary N) is 2. The molecule has 0 aliphatic carbocycles. The van der Waals surface area contributed by atoms with E-state index in [2.05, 4.69) is 10.6 Å². The van der Waals surface area contributed by atoms with Gasteiger partial charge in [-0.25, -0.2) is 0 Å². The number of hydrogen-bond donors (Lipinski definition) is 2. The molecule has 0 spiro atoms. The first kappa shape index (κ1) is 18.3. The van der Waals surface area contributed by atoms with E-state index in [1.54, 1.807) is 50.6 Å². The van der Waals surface area contributed by atoms with Crippen molar-refractivity contribution in [2.45, 2.75) is 13.3 Å². The number of hydrogen-bond acceptors (Lipinski definition) is 4. The molecule has 6 nitrogen and oxygen atoms in total. The molecule has 0 aliphatic heterocycles. The maximum atomic E-state index is 12.2. The fourth-order valence-corrected chi connectivity index (χ4v) is 2.43. The lowest BCUT2D eigenvalue weighted by Gasteiger charge is -2.12. The Morgan fingerprint density at radius 2 is 1.84 bits per heavy atom. The average Bonchev–Trinajstić information content (AvgIpc) is 2.61. The zero-order valence-electron chi connectivity index (χ0n) is 14.6. The Balaban J connectivity index is 2.00. The van der Waals surface area contributed by atoms with E-state index in [0.29, 0.717) is 35.7 Å². The van der Waals surface area contributed by atoms with Gasteiger partial charge < -0.3 is 20.1 Å². The summed E-state index contributed by atoms with van der Waals surface area (Å²) >= 11 is 0. The first-order valence-corrected chi connectivity index (χ1v) is 7.90. The molecule has 2 aromatic rings. The lowest BCUT2D eigenvalue weighted by atomic mass is 10.1. The molecule has 2 aromatic carbocycles. The van der Waals surface area contributed by atoms with Crippen LogP contribution in [0.5, 0.6) is 11.5 Å². The number of ether oxygens (including phenoxy) is 2. The quantitative estimate of drug-likeness (QED) is 0.811. The van der Waals surface area contributed by atoms with Crippen molar-refractivity contribution in [3.63, 3.8) is 0 Å². The third-order valence-electron chi connectivity index (χ3n) is 3.61. The summed E-state index contributed by atoms with van der Waals surface area (Å²) in [5.41, 5.74) is 2.14. The molecule has 2 rings (SSSR count). The highest BCUT2D eigenvalue weighted by molar-refractivity contribution is 5.94. The van der Waals surface area contributed by atoms with Crippen LogP contribution in [0.15, 0.2) is 42.5 Å². The summed E-state index contributed by atoms with van der Waals surface area (Å²) in [7, 11) is 3.15. The molecule has 132 valence electrons. The number of carbonyl (C=O) groups is 2. The Morgan fingerprint density at radius 1 is 1.04 bits per heavy atom. The molecule has 0 aromatic heterocycles. The van der Waals surface area contributed by atoms with Gasteiger partial charge in [0.1, 0.15) is 11.5 Å². The van der Waals surface area contributed by atoms with Crippen molar-refractivity contribution in [2.24, 2.45) is 0 Å². The topological polar surface area (TPSA) is 76.7 Å². The van der Waals surface area contributed by atoms with Crippen LogP contribution >= 0.6 is 0 Å². The third kappa shape index (κ3) is 5.24. The molecular formula is C19H22N2O4. The Labute approximate surface area is 147 Å². The van der Waals surface area contributed by atoms with Crippen molar-refractivity contribution in [2.75, 3.05) is 26.1 Å². The van der Waals surface area contributed by atoms with Gasteiger partial charge in [0.25, 0.3) is 5.91 Å². The molecule has 0 heterocycles. The second-order valence-corrected chi connectivity index (χ2v) is 5.45. The van der Waals surface area contributed by atoms with Crippen LogP contribution in [0, 0.1) is 0 Å². The van der Waals surface area contributed by atoms with Crippen LogP contribution in [0.2, 0.25) is 0 Å². The molecule has 0 radical (unpaired) electrons. The van der Waals surface area contributed by atoms with Crippen LogP contribution in [0.3, 0.4) is 0 Å². The molecule has 0 saturated carbocycles. The smallest absolute Gasteiger partial charge is 0.251 e. The zero-order chi connectivity index (χ0) is 18.2. The Bertz CT molecular complexity index is 759. The van der Waals surface area contributed by atoms with Crippen LogP contribution in [0.1, 0.15) is 22.8 Å². The average molecular weight is 342 g/mol. The number of rotatable bonds is 7. The Kier molecular flexibility index (Phi) is 6.39. The van der Waals surface area contributed by atoms with E-state index >= 15 is 0 Å². The number of amides is 2. The molecule has 0 fully saturated rings. The minimum Gasteiger partial charge on any atom is -0.497 e. The van der Waals surface area contributed by atoms with Gasteiger partial charge >= 0.3 is 0 Å². The molecule has 0 atom stereocenters. The standard InChI is InChI=1S/C19H22N2O4/c1-13(22)21-16-7-8-18(25-3)14(11-16)9-10-20-19(23)15-5-4-6-17(12-15)24-2/h4-8,11-12H,9-10H2,1-3H3,(H,20,23)(H,21,22). The summed E-state index contributed by atoms with van der Waals surface area (Å²) < 4.78 is 10.5. The van der Waals surface area contributed by atoms with Crippen LogP contribution in [0.4, 0.5) is 5.69 Å². The van der Waals surface area contributed by atoms with E-state index in [1.165, 1.54) is 6.92 Å². The number of benzene rings is 2. The van der Waals surface area contributed by atoms with Gasteiger partial charge in [-0.3, -0.25) is 9.59 Å². The van der Waals surface area contributed by atoms with Crippen LogP contribution in [-0.2, 0) is 11.2 Å². The normalized spacial score (nSPS) is 10.0. The molecular weight excluding hydrogens is 320 g/mol. The molecule has 0 saturated heterocycles. The van der Waals surface area contributed by atoms with Crippen LogP contribution < -0.4 is 20.1 Å². The SMILES string of the molecule is COc1cccc(C(=O)NCCc2cc(NC(C)=O)ccc2OC)c1. The number of anilines is 1. The van der Waals surface area contributed by atoms with Gasteiger partial charge in [-0.15, -0.1) is 0 Å². The van der Waals surface area contributed by atoms with Crippen molar-refractivity contribution >= 4 is 17.5 Å². The van der Waals surface area contributed by atoms with E-state index in [1.807, 2.05) is 6.07 Å². The first-order chi connectivity index (χ1) is 12.0. The summed E-state index contributed by atoms with van der Waals surface area (Å²) in [5.74, 6) is 1.04.